The van der Waals surface area contributed by atoms with E-state index >= 15 is 0 Å². The molecule has 0 unspecified atom stereocenters. The Morgan fingerprint density at radius 3 is 2.62 bits per heavy atom. The first kappa shape index (κ1) is 12.8. The normalized spacial score (nSPS) is 25.4. The zero-order valence-electron chi connectivity index (χ0n) is 7.98. The second-order valence-corrected chi connectivity index (χ2v) is 8.35. The van der Waals surface area contributed by atoms with Crippen LogP contribution in [0.5, 0.6) is 0 Å². The third-order valence-corrected chi connectivity index (χ3v) is 6.79. The van der Waals surface area contributed by atoms with Gasteiger partial charge in [-0.3, -0.25) is 0 Å². The number of aliphatic hydroxyl groups excluding tert-OH is 1. The maximum atomic E-state index is 11.8. The fourth-order valence-corrected chi connectivity index (χ4v) is 5.10. The van der Waals surface area contributed by atoms with Gasteiger partial charge in [-0.15, -0.1) is 11.3 Å². The number of aliphatic hydroxyl groups is 1. The van der Waals surface area contributed by atoms with Gasteiger partial charge in [0, 0.05) is 6.04 Å². The fraction of sp³-hybridized carbons (Fsp3) is 0.500. The molecule has 0 radical (unpaired) electrons. The van der Waals surface area contributed by atoms with Crippen LogP contribution in [0.4, 0.5) is 0 Å². The van der Waals surface area contributed by atoms with Crippen molar-refractivity contribution in [1.82, 2.24) is 4.72 Å². The van der Waals surface area contributed by atoms with Crippen LogP contribution in [0.15, 0.2) is 14.1 Å². The van der Waals surface area contributed by atoms with Gasteiger partial charge in [-0.2, -0.15) is 0 Å². The van der Waals surface area contributed by atoms with Crippen molar-refractivity contribution < 1.29 is 13.5 Å². The predicted octanol–water partition coefficient (Wildman–Crippen LogP) is 1.97. The molecule has 1 aromatic rings. The predicted molar refractivity (Wildman–Crippen MR) is 66.4 cm³/mol. The topological polar surface area (TPSA) is 66.4 Å². The van der Waals surface area contributed by atoms with Crippen molar-refractivity contribution >= 4 is 48.9 Å². The molecule has 90 valence electrons. The number of rotatable bonds is 3. The van der Waals surface area contributed by atoms with Crippen LogP contribution in [0.25, 0.3) is 0 Å². The first-order chi connectivity index (χ1) is 7.38. The van der Waals surface area contributed by atoms with E-state index in [1.165, 1.54) is 6.07 Å². The first-order valence-corrected chi connectivity index (χ1v) is 8.01. The summed E-state index contributed by atoms with van der Waals surface area (Å²) in [5, 5.41) is 9.46. The van der Waals surface area contributed by atoms with Crippen LogP contribution in [0.1, 0.15) is 12.8 Å². The highest BCUT2D eigenvalue weighted by Gasteiger charge is 2.32. The van der Waals surface area contributed by atoms with Gasteiger partial charge in [-0.25, -0.2) is 13.1 Å². The summed E-state index contributed by atoms with van der Waals surface area (Å²) in [4.78, 5) is 0. The summed E-state index contributed by atoms with van der Waals surface area (Å²) in [6, 6.07) is 1.24. The van der Waals surface area contributed by atoms with Crippen LogP contribution in [-0.2, 0) is 10.0 Å². The zero-order valence-corrected chi connectivity index (χ0v) is 12.0. The second-order valence-electron chi connectivity index (χ2n) is 3.63. The third-order valence-electron chi connectivity index (χ3n) is 2.32. The molecule has 0 bridgehead atoms. The Labute approximate surface area is 111 Å². The Kier molecular flexibility index (Phi) is 3.63. The van der Waals surface area contributed by atoms with Gasteiger partial charge in [0.25, 0.3) is 0 Å². The zero-order chi connectivity index (χ0) is 11.9. The number of hydrogen-bond donors (Lipinski definition) is 2. The van der Waals surface area contributed by atoms with E-state index in [0.717, 1.165) is 11.3 Å². The molecular weight excluding hydrogens is 338 g/mol. The molecule has 1 fully saturated rings. The Morgan fingerprint density at radius 1 is 1.56 bits per heavy atom. The van der Waals surface area contributed by atoms with Gasteiger partial charge >= 0.3 is 0 Å². The lowest BCUT2D eigenvalue weighted by Gasteiger charge is -2.31. The van der Waals surface area contributed by atoms with Crippen LogP contribution >= 0.6 is 38.9 Å². The van der Waals surface area contributed by atoms with E-state index in [-0.39, 0.29) is 16.4 Å². The fourth-order valence-electron chi connectivity index (χ4n) is 1.42. The second kappa shape index (κ2) is 4.55. The van der Waals surface area contributed by atoms with E-state index < -0.39 is 10.0 Å². The van der Waals surface area contributed by atoms with E-state index in [1.54, 1.807) is 0 Å². The van der Waals surface area contributed by atoms with Crippen LogP contribution in [0.3, 0.4) is 0 Å². The number of nitrogens with one attached hydrogen (secondary N) is 1. The summed E-state index contributed by atoms with van der Waals surface area (Å²) in [5.74, 6) is 0. The van der Waals surface area contributed by atoms with Crippen molar-refractivity contribution in [3.63, 3.8) is 0 Å². The van der Waals surface area contributed by atoms with Crippen LogP contribution in [0, 0.1) is 0 Å². The molecule has 2 rings (SSSR count). The van der Waals surface area contributed by atoms with Crippen molar-refractivity contribution in [3.8, 4) is 0 Å². The molecule has 0 atom stereocenters. The highest BCUT2D eigenvalue weighted by atomic mass is 79.9. The Hall–Kier alpha value is 0.340. The maximum Gasteiger partial charge on any atom is 0.250 e. The summed E-state index contributed by atoms with van der Waals surface area (Å²) >= 11 is 10.0. The molecule has 0 spiro atoms. The molecule has 16 heavy (non-hydrogen) atoms. The number of sulfonamides is 1. The van der Waals surface area contributed by atoms with Crippen molar-refractivity contribution in [1.29, 1.82) is 0 Å². The van der Waals surface area contributed by atoms with Crippen LogP contribution in [-0.4, -0.2) is 25.7 Å². The van der Waals surface area contributed by atoms with E-state index in [1.807, 2.05) is 0 Å². The van der Waals surface area contributed by atoms with Gasteiger partial charge in [0.15, 0.2) is 0 Å². The molecule has 0 aliphatic heterocycles. The number of halogens is 2. The maximum absolute atomic E-state index is 11.8. The molecule has 8 heteroatoms. The van der Waals surface area contributed by atoms with Crippen molar-refractivity contribution in [2.45, 2.75) is 29.2 Å². The minimum atomic E-state index is -3.50. The van der Waals surface area contributed by atoms with Gasteiger partial charge in [0.1, 0.15) is 4.21 Å². The average molecular weight is 347 g/mol. The monoisotopic (exact) mass is 345 g/mol. The standard InChI is InChI=1S/C8H9BrClNO3S2/c9-8-6(10)3-7(15-8)16(13,14)11-4-1-5(12)2-4/h3-5,11-12H,1-2H2. The molecule has 1 heterocycles. The van der Waals surface area contributed by atoms with Gasteiger partial charge in [-0.1, -0.05) is 11.6 Å². The minimum Gasteiger partial charge on any atom is -0.393 e. The third kappa shape index (κ3) is 2.60. The lowest BCUT2D eigenvalue weighted by Crippen LogP contribution is -2.46. The van der Waals surface area contributed by atoms with Crippen LogP contribution in [0.2, 0.25) is 5.02 Å². The van der Waals surface area contributed by atoms with Crippen molar-refractivity contribution in [3.05, 3.63) is 14.9 Å². The smallest absolute Gasteiger partial charge is 0.250 e. The highest BCUT2D eigenvalue weighted by Crippen LogP contribution is 2.35. The molecule has 2 N–H and O–H groups in total. The van der Waals surface area contributed by atoms with Gasteiger partial charge < -0.3 is 5.11 Å². The summed E-state index contributed by atoms with van der Waals surface area (Å²) < 4.78 is 27.0. The molecule has 1 aliphatic carbocycles. The lowest BCUT2D eigenvalue weighted by molar-refractivity contribution is 0.0712. The highest BCUT2D eigenvalue weighted by molar-refractivity contribution is 9.11. The van der Waals surface area contributed by atoms with E-state index in [9.17, 15) is 8.42 Å². The van der Waals surface area contributed by atoms with Crippen LogP contribution < -0.4 is 4.72 Å². The molecule has 1 aliphatic rings. The van der Waals surface area contributed by atoms with E-state index in [2.05, 4.69) is 20.7 Å². The van der Waals surface area contributed by atoms with Gasteiger partial charge in [0.05, 0.1) is 14.9 Å². The quantitative estimate of drug-likeness (QED) is 0.879. The summed E-state index contributed by atoms with van der Waals surface area (Å²) in [6.07, 6.45) is 0.560. The lowest BCUT2D eigenvalue weighted by atomic mass is 9.91. The molecule has 0 aromatic carbocycles. The largest absolute Gasteiger partial charge is 0.393 e. The Balaban J connectivity index is 2.13. The molecule has 4 nitrogen and oxygen atoms in total. The van der Waals surface area contributed by atoms with Gasteiger partial charge in [0.2, 0.25) is 10.0 Å². The molecule has 0 saturated heterocycles. The van der Waals surface area contributed by atoms with E-state index in [0.29, 0.717) is 21.7 Å². The summed E-state index contributed by atoms with van der Waals surface area (Å²) in [5.41, 5.74) is 0. The summed E-state index contributed by atoms with van der Waals surface area (Å²) in [6.45, 7) is 0. The molecule has 0 amide bonds. The molecular formula is C8H9BrClNO3S2. The molecule has 1 aromatic heterocycles. The molecule has 1 saturated carbocycles. The van der Waals surface area contributed by atoms with Crippen molar-refractivity contribution in [2.24, 2.45) is 0 Å². The first-order valence-electron chi connectivity index (χ1n) is 4.54. The number of thiophene rings is 1. The van der Waals surface area contributed by atoms with Gasteiger partial charge in [-0.05, 0) is 34.8 Å². The van der Waals surface area contributed by atoms with Crippen molar-refractivity contribution in [2.75, 3.05) is 0 Å². The number of hydrogen-bond acceptors (Lipinski definition) is 4. The SMILES string of the molecule is O=S(=O)(NC1CC(O)C1)c1cc(Cl)c(Br)s1. The Bertz CT molecular complexity index is 476. The van der Waals surface area contributed by atoms with E-state index in [4.69, 9.17) is 16.7 Å². The Morgan fingerprint density at radius 2 is 2.19 bits per heavy atom. The average Bonchev–Trinajstić information content (AvgIpc) is 2.45. The minimum absolute atomic E-state index is 0.167. The summed E-state index contributed by atoms with van der Waals surface area (Å²) in [7, 11) is -3.50.